The lowest BCUT2D eigenvalue weighted by Gasteiger charge is -2.16. The van der Waals surface area contributed by atoms with Gasteiger partial charge in [-0.25, -0.2) is 0 Å². The number of benzene rings is 1. The molecule has 2 aromatic rings. The van der Waals surface area contributed by atoms with Crippen LogP contribution in [0.4, 0.5) is 0 Å². The third-order valence-electron chi connectivity index (χ3n) is 2.97. The van der Waals surface area contributed by atoms with E-state index in [2.05, 4.69) is 0 Å². The van der Waals surface area contributed by atoms with Crippen molar-refractivity contribution >= 4 is 5.91 Å². The van der Waals surface area contributed by atoms with Gasteiger partial charge < -0.3 is 18.8 Å². The fraction of sp³-hybridized carbons (Fsp3) is 0.214. The molecular formula is C14H13NO4. The van der Waals surface area contributed by atoms with Crippen molar-refractivity contribution in [1.29, 1.82) is 0 Å². The minimum absolute atomic E-state index is 0.0699. The summed E-state index contributed by atoms with van der Waals surface area (Å²) in [4.78, 5) is 13.9. The van der Waals surface area contributed by atoms with Crippen LogP contribution in [-0.4, -0.2) is 24.6 Å². The van der Waals surface area contributed by atoms with Gasteiger partial charge >= 0.3 is 0 Å². The zero-order valence-corrected chi connectivity index (χ0v) is 10.5. The monoisotopic (exact) mass is 259 g/mol. The van der Waals surface area contributed by atoms with Crippen molar-refractivity contribution < 1.29 is 18.7 Å². The van der Waals surface area contributed by atoms with Crippen LogP contribution in [0.5, 0.6) is 11.5 Å². The van der Waals surface area contributed by atoms with Gasteiger partial charge in [0.2, 0.25) is 6.79 Å². The molecule has 2 heterocycles. The summed E-state index contributed by atoms with van der Waals surface area (Å²) >= 11 is 0. The highest BCUT2D eigenvalue weighted by atomic mass is 16.7. The first-order chi connectivity index (χ1) is 9.24. The molecule has 5 nitrogen and oxygen atoms in total. The lowest BCUT2D eigenvalue weighted by molar-refractivity contribution is 0.0784. The maximum atomic E-state index is 12.3. The van der Waals surface area contributed by atoms with Crippen LogP contribution in [0, 0.1) is 0 Å². The van der Waals surface area contributed by atoms with Crippen LogP contribution in [0.15, 0.2) is 41.2 Å². The van der Waals surface area contributed by atoms with Crippen LogP contribution < -0.4 is 9.47 Å². The Kier molecular flexibility index (Phi) is 2.87. The van der Waals surface area contributed by atoms with Crippen molar-refractivity contribution in [1.82, 2.24) is 4.90 Å². The zero-order valence-electron chi connectivity index (χ0n) is 10.5. The summed E-state index contributed by atoms with van der Waals surface area (Å²) in [7, 11) is 1.75. The first-order valence-corrected chi connectivity index (χ1v) is 5.90. The Labute approximate surface area is 110 Å². The van der Waals surface area contributed by atoms with E-state index in [-0.39, 0.29) is 12.7 Å². The average molecular weight is 259 g/mol. The van der Waals surface area contributed by atoms with E-state index in [4.69, 9.17) is 13.9 Å². The van der Waals surface area contributed by atoms with Crippen molar-refractivity contribution in [2.45, 2.75) is 6.54 Å². The van der Waals surface area contributed by atoms with Crippen molar-refractivity contribution in [2.75, 3.05) is 13.8 Å². The Morgan fingerprint density at radius 1 is 1.26 bits per heavy atom. The van der Waals surface area contributed by atoms with E-state index in [9.17, 15) is 4.79 Å². The Bertz CT molecular complexity index is 591. The summed E-state index contributed by atoms with van der Waals surface area (Å²) in [6.45, 7) is 0.710. The molecule has 1 aliphatic heterocycles. The molecule has 1 aliphatic rings. The molecule has 0 saturated heterocycles. The number of amides is 1. The molecular weight excluding hydrogens is 246 g/mol. The van der Waals surface area contributed by atoms with Crippen LogP contribution >= 0.6 is 0 Å². The van der Waals surface area contributed by atoms with Crippen molar-refractivity contribution in [3.05, 3.63) is 47.9 Å². The number of furan rings is 1. The summed E-state index contributed by atoms with van der Waals surface area (Å²) in [5.74, 6) is 1.22. The number of nitrogens with zero attached hydrogens (tertiary/aromatic N) is 1. The molecule has 0 aliphatic carbocycles. The van der Waals surface area contributed by atoms with Gasteiger partial charge in [-0.1, -0.05) is 0 Å². The highest BCUT2D eigenvalue weighted by Crippen LogP contribution is 2.32. The minimum atomic E-state index is -0.0699. The van der Waals surface area contributed by atoms with E-state index < -0.39 is 0 Å². The number of ether oxygens (including phenoxy) is 2. The highest BCUT2D eigenvalue weighted by Gasteiger charge is 2.18. The molecule has 0 fully saturated rings. The van der Waals surface area contributed by atoms with Crippen LogP contribution in [0.2, 0.25) is 0 Å². The largest absolute Gasteiger partial charge is 0.472 e. The lowest BCUT2D eigenvalue weighted by Crippen LogP contribution is -2.25. The van der Waals surface area contributed by atoms with Gasteiger partial charge in [0.15, 0.2) is 11.5 Å². The van der Waals surface area contributed by atoms with Crippen molar-refractivity contribution in [2.24, 2.45) is 0 Å². The maximum absolute atomic E-state index is 12.3. The molecule has 1 aromatic heterocycles. The van der Waals surface area contributed by atoms with Gasteiger partial charge in [0.25, 0.3) is 5.91 Å². The molecule has 0 N–H and O–H groups in total. The molecule has 1 amide bonds. The predicted molar refractivity (Wildman–Crippen MR) is 67.1 cm³/mol. The Balaban J connectivity index is 1.76. The molecule has 0 radical (unpaired) electrons. The second-order valence-corrected chi connectivity index (χ2v) is 4.36. The number of hydrogen-bond donors (Lipinski definition) is 0. The number of hydrogen-bond acceptors (Lipinski definition) is 4. The summed E-state index contributed by atoms with van der Waals surface area (Å²) < 4.78 is 15.5. The summed E-state index contributed by atoms with van der Waals surface area (Å²) in [5, 5.41) is 0. The molecule has 0 atom stereocenters. The number of rotatable bonds is 3. The number of fused-ring (bicyclic) bond motifs is 1. The molecule has 98 valence electrons. The van der Waals surface area contributed by atoms with Gasteiger partial charge in [-0.15, -0.1) is 0 Å². The Morgan fingerprint density at radius 3 is 2.89 bits per heavy atom. The van der Waals surface area contributed by atoms with Crippen LogP contribution in [-0.2, 0) is 6.54 Å². The molecule has 5 heteroatoms. The second-order valence-electron chi connectivity index (χ2n) is 4.36. The molecule has 1 aromatic carbocycles. The Morgan fingerprint density at radius 2 is 2.11 bits per heavy atom. The van der Waals surface area contributed by atoms with Gasteiger partial charge in [-0.3, -0.25) is 4.79 Å². The lowest BCUT2D eigenvalue weighted by atomic mass is 10.1. The smallest absolute Gasteiger partial charge is 0.254 e. The number of carbonyl (C=O) groups excluding carboxylic acids is 1. The average Bonchev–Trinajstić information content (AvgIpc) is 3.07. The molecule has 3 rings (SSSR count). The fourth-order valence-electron chi connectivity index (χ4n) is 1.98. The van der Waals surface area contributed by atoms with E-state index in [0.717, 1.165) is 5.56 Å². The molecule has 0 unspecified atom stereocenters. The third-order valence-corrected chi connectivity index (χ3v) is 2.97. The molecule has 0 bridgehead atoms. The third kappa shape index (κ3) is 2.27. The SMILES string of the molecule is CN(Cc1ccoc1)C(=O)c1ccc2c(c1)OCO2. The summed E-state index contributed by atoms with van der Waals surface area (Å²) in [5.41, 5.74) is 1.53. The van der Waals surface area contributed by atoms with E-state index in [1.54, 1.807) is 42.7 Å². The maximum Gasteiger partial charge on any atom is 0.254 e. The highest BCUT2D eigenvalue weighted by molar-refractivity contribution is 5.94. The molecule has 19 heavy (non-hydrogen) atoms. The van der Waals surface area contributed by atoms with E-state index >= 15 is 0 Å². The normalized spacial score (nSPS) is 12.5. The minimum Gasteiger partial charge on any atom is -0.472 e. The van der Waals surface area contributed by atoms with E-state index in [1.807, 2.05) is 6.07 Å². The molecule has 0 spiro atoms. The van der Waals surface area contributed by atoms with Gasteiger partial charge in [0, 0.05) is 24.7 Å². The predicted octanol–water partition coefficient (Wildman–Crippen LogP) is 2.28. The summed E-state index contributed by atoms with van der Waals surface area (Å²) in [6.07, 6.45) is 3.22. The standard InChI is InChI=1S/C14H13NO4/c1-15(7-10-4-5-17-8-10)14(16)11-2-3-12-13(6-11)19-9-18-12/h2-6,8H,7,9H2,1H3. The van der Waals surface area contributed by atoms with Crippen LogP contribution in [0.25, 0.3) is 0 Å². The Hall–Kier alpha value is -2.43. The number of carbonyl (C=O) groups is 1. The van der Waals surface area contributed by atoms with Gasteiger partial charge in [-0.05, 0) is 24.3 Å². The summed E-state index contributed by atoms with van der Waals surface area (Å²) in [6, 6.07) is 7.03. The molecule has 0 saturated carbocycles. The van der Waals surface area contributed by atoms with Gasteiger partial charge in [0.05, 0.1) is 12.5 Å². The topological polar surface area (TPSA) is 51.9 Å². The first-order valence-electron chi connectivity index (χ1n) is 5.90. The van der Waals surface area contributed by atoms with Crippen molar-refractivity contribution in [3.63, 3.8) is 0 Å². The van der Waals surface area contributed by atoms with E-state index in [0.29, 0.717) is 23.6 Å². The first kappa shape index (κ1) is 11.6. The zero-order chi connectivity index (χ0) is 13.2. The van der Waals surface area contributed by atoms with Gasteiger partial charge in [-0.2, -0.15) is 0 Å². The fourth-order valence-corrected chi connectivity index (χ4v) is 1.98. The van der Waals surface area contributed by atoms with Crippen LogP contribution in [0.3, 0.4) is 0 Å². The van der Waals surface area contributed by atoms with E-state index in [1.165, 1.54) is 0 Å². The second kappa shape index (κ2) is 4.68. The van der Waals surface area contributed by atoms with Crippen molar-refractivity contribution in [3.8, 4) is 11.5 Å². The van der Waals surface area contributed by atoms with Gasteiger partial charge in [0.1, 0.15) is 0 Å². The quantitative estimate of drug-likeness (QED) is 0.848. The van der Waals surface area contributed by atoms with Crippen LogP contribution in [0.1, 0.15) is 15.9 Å².